The van der Waals surface area contributed by atoms with Crippen molar-refractivity contribution in [1.29, 1.82) is 0 Å². The zero-order valence-corrected chi connectivity index (χ0v) is 13.8. The zero-order valence-electron chi connectivity index (χ0n) is 13.0. The van der Waals surface area contributed by atoms with Crippen molar-refractivity contribution in [2.24, 2.45) is 0 Å². The molecule has 1 N–H and O–H groups in total. The molecule has 1 atom stereocenters. The highest BCUT2D eigenvalue weighted by atomic mass is 35.5. The molecule has 0 radical (unpaired) electrons. The van der Waals surface area contributed by atoms with Crippen LogP contribution >= 0.6 is 12.4 Å². The second-order valence-electron chi connectivity index (χ2n) is 5.71. The van der Waals surface area contributed by atoms with Gasteiger partial charge in [0.1, 0.15) is 11.5 Å². The molecule has 1 fully saturated rings. The average Bonchev–Trinajstić information content (AvgIpc) is 2.95. The SMILES string of the molecule is CNC1CCCN(Cc2ccn(-c3ccc(F)cc3F)n2)C1.Cl. The van der Waals surface area contributed by atoms with E-state index in [1.165, 1.54) is 29.7 Å². The van der Waals surface area contributed by atoms with Crippen molar-refractivity contribution in [2.45, 2.75) is 25.4 Å². The molecule has 1 aromatic heterocycles. The van der Waals surface area contributed by atoms with Crippen LogP contribution in [0.25, 0.3) is 5.69 Å². The molecular formula is C16H21ClF2N4. The van der Waals surface area contributed by atoms with E-state index in [1.807, 2.05) is 13.1 Å². The second-order valence-corrected chi connectivity index (χ2v) is 5.71. The van der Waals surface area contributed by atoms with E-state index in [9.17, 15) is 8.78 Å². The predicted molar refractivity (Wildman–Crippen MR) is 88.1 cm³/mol. The first-order valence-electron chi connectivity index (χ1n) is 7.55. The molecule has 1 aliphatic rings. The van der Waals surface area contributed by atoms with Crippen molar-refractivity contribution < 1.29 is 8.78 Å². The molecule has 1 saturated heterocycles. The summed E-state index contributed by atoms with van der Waals surface area (Å²) in [6.07, 6.45) is 4.08. The van der Waals surface area contributed by atoms with Gasteiger partial charge in [-0.25, -0.2) is 13.5 Å². The van der Waals surface area contributed by atoms with E-state index in [1.54, 1.807) is 6.20 Å². The lowest BCUT2D eigenvalue weighted by atomic mass is 10.1. The van der Waals surface area contributed by atoms with Crippen LogP contribution < -0.4 is 5.32 Å². The predicted octanol–water partition coefficient (Wildman–Crippen LogP) is 2.76. The van der Waals surface area contributed by atoms with Gasteiger partial charge in [0.15, 0.2) is 5.82 Å². The maximum Gasteiger partial charge on any atom is 0.151 e. The lowest BCUT2D eigenvalue weighted by Gasteiger charge is -2.31. The molecule has 4 nitrogen and oxygen atoms in total. The van der Waals surface area contributed by atoms with Crippen molar-refractivity contribution in [1.82, 2.24) is 20.0 Å². The maximum absolute atomic E-state index is 13.8. The Kier molecular flexibility index (Phi) is 6.10. The van der Waals surface area contributed by atoms with Crippen LogP contribution in [0.3, 0.4) is 0 Å². The van der Waals surface area contributed by atoms with E-state index in [2.05, 4.69) is 15.3 Å². The number of hydrogen-bond acceptors (Lipinski definition) is 3. The van der Waals surface area contributed by atoms with E-state index in [0.29, 0.717) is 6.04 Å². The Labute approximate surface area is 140 Å². The minimum absolute atomic E-state index is 0. The number of likely N-dealkylation sites (tertiary alicyclic amines) is 1. The summed E-state index contributed by atoms with van der Waals surface area (Å²) >= 11 is 0. The fraction of sp³-hybridized carbons (Fsp3) is 0.438. The van der Waals surface area contributed by atoms with Crippen LogP contribution in [0.1, 0.15) is 18.5 Å². The average molecular weight is 343 g/mol. The second kappa shape index (κ2) is 7.86. The first-order chi connectivity index (χ1) is 10.7. The van der Waals surface area contributed by atoms with Gasteiger partial charge >= 0.3 is 0 Å². The largest absolute Gasteiger partial charge is 0.316 e. The van der Waals surface area contributed by atoms with E-state index in [4.69, 9.17) is 0 Å². The Morgan fingerprint density at radius 2 is 2.13 bits per heavy atom. The van der Waals surface area contributed by atoms with Crippen molar-refractivity contribution in [3.05, 3.63) is 47.8 Å². The van der Waals surface area contributed by atoms with Gasteiger partial charge < -0.3 is 5.32 Å². The van der Waals surface area contributed by atoms with Crippen LogP contribution in [0, 0.1) is 11.6 Å². The number of rotatable bonds is 4. The highest BCUT2D eigenvalue weighted by Gasteiger charge is 2.19. The van der Waals surface area contributed by atoms with Crippen molar-refractivity contribution in [3.63, 3.8) is 0 Å². The summed E-state index contributed by atoms with van der Waals surface area (Å²) in [7, 11) is 1.99. The van der Waals surface area contributed by atoms with E-state index >= 15 is 0 Å². The number of piperidine rings is 1. The molecule has 1 aromatic carbocycles. The van der Waals surface area contributed by atoms with Crippen LogP contribution in [-0.2, 0) is 6.54 Å². The van der Waals surface area contributed by atoms with Gasteiger partial charge in [-0.2, -0.15) is 5.10 Å². The van der Waals surface area contributed by atoms with Gasteiger partial charge in [-0.05, 0) is 44.6 Å². The van der Waals surface area contributed by atoms with Crippen LogP contribution in [-0.4, -0.2) is 40.9 Å². The fourth-order valence-electron chi connectivity index (χ4n) is 2.91. The molecule has 1 unspecified atom stereocenters. The van der Waals surface area contributed by atoms with E-state index in [0.717, 1.165) is 31.4 Å². The van der Waals surface area contributed by atoms with E-state index in [-0.39, 0.29) is 18.1 Å². The number of halogens is 3. The lowest BCUT2D eigenvalue weighted by molar-refractivity contribution is 0.186. The Morgan fingerprint density at radius 1 is 1.30 bits per heavy atom. The molecule has 2 aromatic rings. The van der Waals surface area contributed by atoms with E-state index < -0.39 is 11.6 Å². The number of likely N-dealkylation sites (N-methyl/N-ethyl adjacent to an activating group) is 1. The Morgan fingerprint density at radius 3 is 2.87 bits per heavy atom. The van der Waals surface area contributed by atoms with Crippen LogP contribution in [0.15, 0.2) is 30.5 Å². The van der Waals surface area contributed by atoms with Crippen LogP contribution in [0.4, 0.5) is 8.78 Å². The van der Waals surface area contributed by atoms with Gasteiger partial charge in [0.2, 0.25) is 0 Å². The Hall–Kier alpha value is -1.50. The molecular weight excluding hydrogens is 322 g/mol. The minimum Gasteiger partial charge on any atom is -0.316 e. The molecule has 2 heterocycles. The summed E-state index contributed by atoms with van der Waals surface area (Å²) in [5.74, 6) is -1.19. The summed E-state index contributed by atoms with van der Waals surface area (Å²) in [6, 6.07) is 5.91. The molecule has 7 heteroatoms. The number of hydrogen-bond donors (Lipinski definition) is 1. The number of nitrogens with zero attached hydrogens (tertiary/aromatic N) is 3. The molecule has 126 valence electrons. The molecule has 0 saturated carbocycles. The standard InChI is InChI=1S/C16H20F2N4.ClH/c1-19-13-3-2-7-21(10-13)11-14-6-8-22(20-14)16-5-4-12(17)9-15(16)18;/h4-6,8-9,13,19H,2-3,7,10-11H2,1H3;1H. The van der Waals surface area contributed by atoms with Crippen molar-refractivity contribution in [3.8, 4) is 5.69 Å². The molecule has 0 aliphatic carbocycles. The Balaban J connectivity index is 0.00000192. The third-order valence-corrected chi connectivity index (χ3v) is 4.10. The topological polar surface area (TPSA) is 33.1 Å². The number of nitrogens with one attached hydrogen (secondary N) is 1. The normalized spacial score (nSPS) is 18.7. The smallest absolute Gasteiger partial charge is 0.151 e. The summed E-state index contributed by atoms with van der Waals surface area (Å²) in [5, 5.41) is 7.72. The first kappa shape index (κ1) is 17.8. The lowest BCUT2D eigenvalue weighted by Crippen LogP contribution is -2.43. The summed E-state index contributed by atoms with van der Waals surface area (Å²) in [4.78, 5) is 2.35. The quantitative estimate of drug-likeness (QED) is 0.927. The Bertz CT molecular complexity index is 647. The van der Waals surface area contributed by atoms with Gasteiger partial charge in [0.25, 0.3) is 0 Å². The van der Waals surface area contributed by atoms with Gasteiger partial charge in [0, 0.05) is 31.4 Å². The molecule has 1 aliphatic heterocycles. The molecule has 3 rings (SSSR count). The highest BCUT2D eigenvalue weighted by molar-refractivity contribution is 5.85. The van der Waals surface area contributed by atoms with Gasteiger partial charge in [-0.3, -0.25) is 4.90 Å². The minimum atomic E-state index is -0.608. The van der Waals surface area contributed by atoms with Crippen LogP contribution in [0.2, 0.25) is 0 Å². The van der Waals surface area contributed by atoms with Crippen molar-refractivity contribution in [2.75, 3.05) is 20.1 Å². The number of aromatic nitrogens is 2. The fourth-order valence-corrected chi connectivity index (χ4v) is 2.91. The number of benzene rings is 1. The summed E-state index contributed by atoms with van der Waals surface area (Å²) < 4.78 is 28.2. The third-order valence-electron chi connectivity index (χ3n) is 4.10. The molecule has 23 heavy (non-hydrogen) atoms. The molecule has 0 spiro atoms. The van der Waals surface area contributed by atoms with Gasteiger partial charge in [-0.1, -0.05) is 0 Å². The highest BCUT2D eigenvalue weighted by Crippen LogP contribution is 2.16. The maximum atomic E-state index is 13.8. The summed E-state index contributed by atoms with van der Waals surface area (Å²) in [6.45, 7) is 2.79. The molecule has 0 bridgehead atoms. The first-order valence-corrected chi connectivity index (χ1v) is 7.55. The van der Waals surface area contributed by atoms with Gasteiger partial charge in [-0.15, -0.1) is 12.4 Å². The summed E-state index contributed by atoms with van der Waals surface area (Å²) in [5.41, 5.74) is 1.15. The monoisotopic (exact) mass is 342 g/mol. The zero-order chi connectivity index (χ0) is 15.5. The van der Waals surface area contributed by atoms with Crippen molar-refractivity contribution >= 4 is 12.4 Å². The van der Waals surface area contributed by atoms with Crippen LogP contribution in [0.5, 0.6) is 0 Å². The molecule has 0 amide bonds. The van der Waals surface area contributed by atoms with Gasteiger partial charge in [0.05, 0.1) is 5.69 Å². The third kappa shape index (κ3) is 4.28.